The average molecular weight is 205 g/mol. The molecular weight excluding hydrogens is 182 g/mol. The summed E-state index contributed by atoms with van der Waals surface area (Å²) in [7, 11) is 0. The summed E-state index contributed by atoms with van der Waals surface area (Å²) in [6.45, 7) is 12.3. The predicted octanol–water partition coefficient (Wildman–Crippen LogP) is 4.84. The number of rotatable bonds is 0. The largest absolute Gasteiger partial charge is 0.361 e. The van der Waals surface area contributed by atoms with Gasteiger partial charge in [0.05, 0.1) is 0 Å². The Morgan fingerprint density at radius 2 is 1.47 bits per heavy atom. The summed E-state index contributed by atoms with van der Waals surface area (Å²) in [5.41, 5.74) is 3.92. The highest BCUT2D eigenvalue weighted by molar-refractivity contribution is 5.86. The number of fused-ring (bicyclic) bond motifs is 1. The number of benzene rings is 1. The van der Waals surface area contributed by atoms with Crippen LogP contribution in [-0.4, -0.2) is 4.98 Å². The second-order valence-corrected chi connectivity index (χ2v) is 2.97. The third-order valence-electron chi connectivity index (χ3n) is 2.11. The van der Waals surface area contributed by atoms with Crippen molar-refractivity contribution in [3.8, 4) is 0 Å². The summed E-state index contributed by atoms with van der Waals surface area (Å²) in [4.78, 5) is 3.23. The first-order valence-electron chi connectivity index (χ1n) is 5.82. The first-order chi connectivity index (χ1) is 7.29. The molecule has 0 radical (unpaired) electrons. The highest BCUT2D eigenvalue weighted by Crippen LogP contribution is 2.20. The van der Waals surface area contributed by atoms with E-state index in [1.165, 1.54) is 22.0 Å². The molecule has 0 aliphatic carbocycles. The summed E-state index contributed by atoms with van der Waals surface area (Å²) in [6, 6.07) is 6.33. The van der Waals surface area contributed by atoms with Crippen molar-refractivity contribution in [1.29, 1.82) is 0 Å². The minimum absolute atomic E-state index is 1.24. The third-order valence-corrected chi connectivity index (χ3v) is 2.11. The van der Waals surface area contributed by atoms with Crippen LogP contribution in [0.15, 0.2) is 24.4 Å². The van der Waals surface area contributed by atoms with Crippen LogP contribution in [-0.2, 0) is 0 Å². The van der Waals surface area contributed by atoms with Crippen LogP contribution in [0, 0.1) is 13.8 Å². The molecule has 0 spiro atoms. The molecule has 1 aromatic carbocycles. The van der Waals surface area contributed by atoms with Gasteiger partial charge >= 0.3 is 0 Å². The number of aromatic nitrogens is 1. The maximum Gasteiger partial charge on any atom is 0.0459 e. The molecule has 15 heavy (non-hydrogen) atoms. The summed E-state index contributed by atoms with van der Waals surface area (Å²) < 4.78 is 0. The van der Waals surface area contributed by atoms with Gasteiger partial charge in [-0.1, -0.05) is 39.8 Å². The summed E-state index contributed by atoms with van der Waals surface area (Å²) >= 11 is 0. The zero-order chi connectivity index (χ0) is 11.8. The molecule has 1 heterocycles. The SMILES string of the molecule is CC.CC.Cc1cccc2[nH]cc(C)c12. The Balaban J connectivity index is 0.000000442. The van der Waals surface area contributed by atoms with Crippen molar-refractivity contribution in [3.05, 3.63) is 35.5 Å². The molecule has 2 rings (SSSR count). The minimum Gasteiger partial charge on any atom is -0.361 e. The van der Waals surface area contributed by atoms with E-state index in [9.17, 15) is 0 Å². The maximum atomic E-state index is 3.23. The standard InChI is InChI=1S/C10H11N.2C2H6/c1-7-4-3-5-9-10(7)8(2)6-11-9;2*1-2/h3-6,11H,1-2H3;2*1-2H3. The molecule has 84 valence electrons. The van der Waals surface area contributed by atoms with Crippen LogP contribution in [0.3, 0.4) is 0 Å². The number of H-pyrrole nitrogens is 1. The Morgan fingerprint density at radius 1 is 0.867 bits per heavy atom. The molecular formula is C14H23N. The molecule has 0 amide bonds. The van der Waals surface area contributed by atoms with Gasteiger partial charge in [0.15, 0.2) is 0 Å². The molecule has 0 unspecified atom stereocenters. The lowest BCUT2D eigenvalue weighted by Gasteiger charge is -1.95. The third kappa shape index (κ3) is 3.12. The Kier molecular flexibility index (Phi) is 6.52. The second kappa shape index (κ2) is 7.10. The highest BCUT2D eigenvalue weighted by atomic mass is 14.7. The Bertz CT molecular complexity index is 385. The van der Waals surface area contributed by atoms with Crippen LogP contribution in [0.25, 0.3) is 10.9 Å². The number of aryl methyl sites for hydroxylation is 2. The van der Waals surface area contributed by atoms with E-state index in [1.54, 1.807) is 0 Å². The van der Waals surface area contributed by atoms with Gasteiger partial charge in [-0.15, -0.1) is 0 Å². The van der Waals surface area contributed by atoms with Crippen molar-refractivity contribution >= 4 is 10.9 Å². The first-order valence-corrected chi connectivity index (χ1v) is 5.82. The van der Waals surface area contributed by atoms with Crippen molar-refractivity contribution in [3.63, 3.8) is 0 Å². The van der Waals surface area contributed by atoms with Crippen LogP contribution in [0.1, 0.15) is 38.8 Å². The molecule has 1 heteroatoms. The number of nitrogens with one attached hydrogen (secondary N) is 1. The van der Waals surface area contributed by atoms with Crippen LogP contribution >= 0.6 is 0 Å². The molecule has 0 saturated heterocycles. The molecule has 2 aromatic rings. The summed E-state index contributed by atoms with van der Waals surface area (Å²) in [5.74, 6) is 0. The molecule has 0 aliphatic heterocycles. The van der Waals surface area contributed by atoms with Crippen molar-refractivity contribution in [2.75, 3.05) is 0 Å². The normalized spacial score (nSPS) is 8.67. The van der Waals surface area contributed by atoms with E-state index >= 15 is 0 Å². The van der Waals surface area contributed by atoms with E-state index in [2.05, 4.69) is 43.2 Å². The van der Waals surface area contributed by atoms with Gasteiger partial charge < -0.3 is 4.98 Å². The van der Waals surface area contributed by atoms with Gasteiger partial charge in [0.25, 0.3) is 0 Å². The molecule has 1 aromatic heterocycles. The van der Waals surface area contributed by atoms with Gasteiger partial charge in [0.1, 0.15) is 0 Å². The van der Waals surface area contributed by atoms with E-state index in [0.29, 0.717) is 0 Å². The average Bonchev–Trinajstić information content (AvgIpc) is 2.68. The van der Waals surface area contributed by atoms with Crippen molar-refractivity contribution in [1.82, 2.24) is 4.98 Å². The lowest BCUT2D eigenvalue weighted by molar-refractivity contribution is 1.43. The fourth-order valence-electron chi connectivity index (χ4n) is 1.57. The van der Waals surface area contributed by atoms with Crippen molar-refractivity contribution in [2.45, 2.75) is 41.5 Å². The molecule has 0 bridgehead atoms. The Morgan fingerprint density at radius 3 is 2.00 bits per heavy atom. The zero-order valence-corrected chi connectivity index (χ0v) is 10.8. The van der Waals surface area contributed by atoms with Gasteiger partial charge in [0, 0.05) is 17.1 Å². The number of aromatic amines is 1. The monoisotopic (exact) mass is 205 g/mol. The van der Waals surface area contributed by atoms with Crippen LogP contribution < -0.4 is 0 Å². The molecule has 0 fully saturated rings. The van der Waals surface area contributed by atoms with E-state index < -0.39 is 0 Å². The van der Waals surface area contributed by atoms with Gasteiger partial charge in [-0.2, -0.15) is 0 Å². The van der Waals surface area contributed by atoms with E-state index in [0.717, 1.165) is 0 Å². The van der Waals surface area contributed by atoms with E-state index in [1.807, 2.05) is 27.7 Å². The van der Waals surface area contributed by atoms with Crippen LogP contribution in [0.4, 0.5) is 0 Å². The van der Waals surface area contributed by atoms with Crippen molar-refractivity contribution in [2.24, 2.45) is 0 Å². The summed E-state index contributed by atoms with van der Waals surface area (Å²) in [5, 5.41) is 1.37. The molecule has 0 aliphatic rings. The van der Waals surface area contributed by atoms with Crippen LogP contribution in [0.2, 0.25) is 0 Å². The minimum atomic E-state index is 1.24. The Labute approximate surface area is 93.5 Å². The van der Waals surface area contributed by atoms with Gasteiger partial charge in [-0.05, 0) is 31.0 Å². The lowest BCUT2D eigenvalue weighted by atomic mass is 10.1. The summed E-state index contributed by atoms with van der Waals surface area (Å²) in [6.07, 6.45) is 2.05. The van der Waals surface area contributed by atoms with Crippen molar-refractivity contribution < 1.29 is 0 Å². The second-order valence-electron chi connectivity index (χ2n) is 2.97. The fourth-order valence-corrected chi connectivity index (χ4v) is 1.57. The van der Waals surface area contributed by atoms with E-state index in [4.69, 9.17) is 0 Å². The van der Waals surface area contributed by atoms with Crippen LogP contribution in [0.5, 0.6) is 0 Å². The zero-order valence-electron chi connectivity index (χ0n) is 10.8. The molecule has 0 saturated carbocycles. The van der Waals surface area contributed by atoms with Gasteiger partial charge in [-0.25, -0.2) is 0 Å². The van der Waals surface area contributed by atoms with Gasteiger partial charge in [0.2, 0.25) is 0 Å². The maximum absolute atomic E-state index is 3.23. The quantitative estimate of drug-likeness (QED) is 0.633. The fraction of sp³-hybridized carbons (Fsp3) is 0.429. The smallest absolute Gasteiger partial charge is 0.0459 e. The highest BCUT2D eigenvalue weighted by Gasteiger charge is 1.99. The number of hydrogen-bond acceptors (Lipinski definition) is 0. The topological polar surface area (TPSA) is 15.8 Å². The molecule has 1 N–H and O–H groups in total. The molecule has 0 atom stereocenters. The van der Waals surface area contributed by atoms with Gasteiger partial charge in [-0.3, -0.25) is 0 Å². The number of hydrogen-bond donors (Lipinski definition) is 1. The first kappa shape index (κ1) is 13.8. The molecule has 1 nitrogen and oxygen atoms in total. The predicted molar refractivity (Wildman–Crippen MR) is 70.5 cm³/mol. The lowest BCUT2D eigenvalue weighted by Crippen LogP contribution is -1.74. The van der Waals surface area contributed by atoms with E-state index in [-0.39, 0.29) is 0 Å². The Hall–Kier alpha value is -1.24.